The molecule has 1 aromatic heterocycles. The van der Waals surface area contributed by atoms with Gasteiger partial charge in [-0.1, -0.05) is 0 Å². The Morgan fingerprint density at radius 2 is 1.80 bits per heavy atom. The lowest BCUT2D eigenvalue weighted by Crippen LogP contribution is -2.24. The summed E-state index contributed by atoms with van der Waals surface area (Å²) in [4.78, 5) is 12.1. The van der Waals surface area contributed by atoms with Crippen LogP contribution in [-0.2, 0) is 6.18 Å². The molecule has 0 spiro atoms. The predicted molar refractivity (Wildman–Crippen MR) is 37.0 cm³/mol. The van der Waals surface area contributed by atoms with Crippen molar-refractivity contribution in [2.75, 3.05) is 0 Å². The topological polar surface area (TPSA) is 32.9 Å². The average Bonchev–Trinajstić information content (AvgIpc) is 2.06. The van der Waals surface area contributed by atoms with Gasteiger partial charge in [0, 0.05) is 6.20 Å². The quantitative estimate of drug-likeness (QED) is 0.740. The first-order chi connectivity index (χ1) is 6.75. The summed E-state index contributed by atoms with van der Waals surface area (Å²) in [5.74, 6) is -2.11. The number of rotatable bonds is 1. The van der Waals surface area contributed by atoms with Crippen molar-refractivity contribution < 1.29 is 26.3 Å². The van der Waals surface area contributed by atoms with E-state index in [-0.39, 0.29) is 6.20 Å². The third-order valence-corrected chi connectivity index (χ3v) is 1.58. The van der Waals surface area contributed by atoms with E-state index in [0.29, 0.717) is 0 Å². The van der Waals surface area contributed by atoms with Crippen molar-refractivity contribution in [1.29, 1.82) is 0 Å². The number of pyridine rings is 1. The lowest BCUT2D eigenvalue weighted by molar-refractivity contribution is -0.139. The normalized spacial score (nSPS) is 12.2. The maximum atomic E-state index is 12.7. The van der Waals surface area contributed by atoms with E-state index < -0.39 is 35.1 Å². The molecule has 0 aliphatic rings. The van der Waals surface area contributed by atoms with E-state index in [1.54, 1.807) is 0 Å². The van der Waals surface area contributed by atoms with Crippen LogP contribution in [0.25, 0.3) is 0 Å². The summed E-state index contributed by atoms with van der Waals surface area (Å²) in [5, 5.41) is 0. The smallest absolute Gasteiger partial charge is 0.357 e. The second kappa shape index (κ2) is 3.59. The van der Waals surface area contributed by atoms with Gasteiger partial charge in [-0.2, -0.15) is 13.2 Å². The molecule has 0 saturated heterocycles. The van der Waals surface area contributed by atoms with Gasteiger partial charge < -0.3 is 4.98 Å². The molecule has 1 rings (SSSR count). The fourth-order valence-electron chi connectivity index (χ4n) is 0.889. The Hall–Kier alpha value is -1.47. The first-order valence-corrected chi connectivity index (χ1v) is 3.51. The second-order valence-electron chi connectivity index (χ2n) is 2.56. The molecule has 8 heteroatoms. The Balaban J connectivity index is 3.42. The monoisotopic (exact) mass is 231 g/mol. The molecule has 0 saturated carbocycles. The van der Waals surface area contributed by atoms with E-state index in [1.165, 1.54) is 4.98 Å². The second-order valence-corrected chi connectivity index (χ2v) is 2.56. The molecule has 2 nitrogen and oxygen atoms in total. The minimum Gasteiger partial charge on any atom is -0.357 e. The highest BCUT2D eigenvalue weighted by Crippen LogP contribution is 2.27. The maximum Gasteiger partial charge on any atom is 0.421 e. The maximum absolute atomic E-state index is 12.7. The van der Waals surface area contributed by atoms with E-state index >= 15 is 0 Å². The molecule has 0 radical (unpaired) electrons. The van der Waals surface area contributed by atoms with E-state index in [4.69, 9.17) is 0 Å². The molecule has 0 bridgehead atoms. The Bertz CT molecular complexity index is 420. The SMILES string of the molecule is O=c1c(C(F)(F)F)c[nH]c(C(F)F)c1F. The van der Waals surface area contributed by atoms with Crippen molar-refractivity contribution in [2.24, 2.45) is 0 Å². The molecule has 0 atom stereocenters. The summed E-state index contributed by atoms with van der Waals surface area (Å²) >= 11 is 0. The number of aromatic amines is 1. The molecule has 84 valence electrons. The summed E-state index contributed by atoms with van der Waals surface area (Å²) in [6.45, 7) is 0. The summed E-state index contributed by atoms with van der Waals surface area (Å²) in [7, 11) is 0. The van der Waals surface area contributed by atoms with E-state index in [9.17, 15) is 31.1 Å². The van der Waals surface area contributed by atoms with Gasteiger partial charge in [-0.05, 0) is 0 Å². The molecule has 0 fully saturated rings. The van der Waals surface area contributed by atoms with Gasteiger partial charge in [-0.3, -0.25) is 4.79 Å². The van der Waals surface area contributed by atoms with Gasteiger partial charge in [0.1, 0.15) is 11.3 Å². The fraction of sp³-hybridized carbons (Fsp3) is 0.286. The molecule has 0 aliphatic heterocycles. The van der Waals surface area contributed by atoms with Gasteiger partial charge >= 0.3 is 6.18 Å². The third kappa shape index (κ3) is 2.13. The van der Waals surface area contributed by atoms with Crippen LogP contribution in [0.15, 0.2) is 11.0 Å². The molecule has 0 aromatic carbocycles. The number of alkyl halides is 5. The number of nitrogens with one attached hydrogen (secondary N) is 1. The lowest BCUT2D eigenvalue weighted by atomic mass is 10.2. The first kappa shape index (κ1) is 11.6. The minimum atomic E-state index is -5.07. The molecule has 1 N–H and O–H groups in total. The van der Waals surface area contributed by atoms with Crippen LogP contribution < -0.4 is 5.43 Å². The summed E-state index contributed by atoms with van der Waals surface area (Å²) in [6.07, 6.45) is -8.43. The summed E-state index contributed by atoms with van der Waals surface area (Å²) < 4.78 is 72.6. The Labute approximate surface area is 78.5 Å². The van der Waals surface area contributed by atoms with Crippen LogP contribution >= 0.6 is 0 Å². The Kier molecular flexibility index (Phi) is 2.78. The summed E-state index contributed by atoms with van der Waals surface area (Å²) in [6, 6.07) is 0. The standard InChI is InChI=1S/C7H3F6NO/c8-3-4(6(9)10)14-1-2(5(3)15)7(11,12)13/h1,6H,(H,14,15). The number of hydrogen-bond acceptors (Lipinski definition) is 1. The summed E-state index contributed by atoms with van der Waals surface area (Å²) in [5.41, 5.74) is -5.38. The molecule has 1 heterocycles. The largest absolute Gasteiger partial charge is 0.421 e. The average molecular weight is 231 g/mol. The van der Waals surface area contributed by atoms with Crippen molar-refractivity contribution in [3.05, 3.63) is 33.5 Å². The van der Waals surface area contributed by atoms with Crippen LogP contribution in [0.2, 0.25) is 0 Å². The van der Waals surface area contributed by atoms with E-state index in [2.05, 4.69) is 0 Å². The molecular formula is C7H3F6NO. The highest BCUT2D eigenvalue weighted by Gasteiger charge is 2.36. The predicted octanol–water partition coefficient (Wildman–Crippen LogP) is 2.47. The molecule has 0 unspecified atom stereocenters. The highest BCUT2D eigenvalue weighted by atomic mass is 19.4. The van der Waals surface area contributed by atoms with Crippen molar-refractivity contribution in [1.82, 2.24) is 4.98 Å². The van der Waals surface area contributed by atoms with Gasteiger partial charge in [-0.15, -0.1) is 0 Å². The van der Waals surface area contributed by atoms with Crippen LogP contribution in [0.5, 0.6) is 0 Å². The van der Waals surface area contributed by atoms with Gasteiger partial charge in [0.2, 0.25) is 5.43 Å². The van der Waals surface area contributed by atoms with Crippen LogP contribution in [0.4, 0.5) is 26.3 Å². The van der Waals surface area contributed by atoms with Crippen molar-refractivity contribution >= 4 is 0 Å². The van der Waals surface area contributed by atoms with Gasteiger partial charge in [0.25, 0.3) is 6.43 Å². The zero-order valence-electron chi connectivity index (χ0n) is 6.83. The lowest BCUT2D eigenvalue weighted by Gasteiger charge is -2.07. The van der Waals surface area contributed by atoms with Crippen LogP contribution in [-0.4, -0.2) is 4.98 Å². The molecule has 15 heavy (non-hydrogen) atoms. The zero-order chi connectivity index (χ0) is 11.8. The van der Waals surface area contributed by atoms with Crippen LogP contribution in [0, 0.1) is 5.82 Å². The Morgan fingerprint density at radius 1 is 1.27 bits per heavy atom. The van der Waals surface area contributed by atoms with Crippen LogP contribution in [0.1, 0.15) is 17.7 Å². The Morgan fingerprint density at radius 3 is 2.20 bits per heavy atom. The zero-order valence-corrected chi connectivity index (χ0v) is 6.83. The molecule has 0 amide bonds. The third-order valence-electron chi connectivity index (χ3n) is 1.58. The number of H-pyrrole nitrogens is 1. The van der Waals surface area contributed by atoms with Crippen LogP contribution in [0.3, 0.4) is 0 Å². The molecular weight excluding hydrogens is 228 g/mol. The number of aromatic nitrogens is 1. The van der Waals surface area contributed by atoms with Crippen molar-refractivity contribution in [3.8, 4) is 0 Å². The molecule has 0 aliphatic carbocycles. The van der Waals surface area contributed by atoms with Gasteiger partial charge in [-0.25, -0.2) is 13.2 Å². The number of halogens is 6. The van der Waals surface area contributed by atoms with Crippen molar-refractivity contribution in [3.63, 3.8) is 0 Å². The first-order valence-electron chi connectivity index (χ1n) is 3.51. The fourth-order valence-corrected chi connectivity index (χ4v) is 0.889. The molecule has 1 aromatic rings. The minimum absolute atomic E-state index is 0.0207. The van der Waals surface area contributed by atoms with E-state index in [0.717, 1.165) is 0 Å². The number of hydrogen-bond donors (Lipinski definition) is 1. The highest BCUT2D eigenvalue weighted by molar-refractivity contribution is 5.19. The van der Waals surface area contributed by atoms with Crippen molar-refractivity contribution in [2.45, 2.75) is 12.6 Å². The van der Waals surface area contributed by atoms with Gasteiger partial charge in [0.05, 0.1) is 0 Å². The van der Waals surface area contributed by atoms with Gasteiger partial charge in [0.15, 0.2) is 5.82 Å². The van der Waals surface area contributed by atoms with E-state index in [1.807, 2.05) is 0 Å².